The highest BCUT2D eigenvalue weighted by Crippen LogP contribution is 2.16. The molecule has 1 N–H and O–H groups in total. The normalized spacial score (nSPS) is 11.6. The standard InChI is InChI=1S/C17H17N3O3S/c1-12-8-9-15(10-13(12)2)24(21,22)18-11-16-19-17(20-23-16)14-6-4-3-5-7-14/h3-10,18H,11H2,1-2H3. The van der Waals surface area contributed by atoms with Crippen LogP contribution in [0.15, 0.2) is 57.9 Å². The van der Waals surface area contributed by atoms with E-state index in [0.717, 1.165) is 16.7 Å². The Hall–Kier alpha value is -2.51. The molecule has 0 atom stereocenters. The summed E-state index contributed by atoms with van der Waals surface area (Å²) in [6.45, 7) is 3.75. The smallest absolute Gasteiger partial charge is 0.242 e. The van der Waals surface area contributed by atoms with Gasteiger partial charge in [0.05, 0.1) is 11.4 Å². The molecule has 0 amide bonds. The molecule has 0 radical (unpaired) electrons. The maximum Gasteiger partial charge on any atom is 0.242 e. The van der Waals surface area contributed by atoms with Crippen LogP contribution in [0.1, 0.15) is 17.0 Å². The summed E-state index contributed by atoms with van der Waals surface area (Å²) in [5.74, 6) is 0.636. The number of aryl methyl sites for hydroxylation is 2. The first kappa shape index (κ1) is 16.4. The van der Waals surface area contributed by atoms with Gasteiger partial charge in [0, 0.05) is 5.56 Å². The largest absolute Gasteiger partial charge is 0.338 e. The van der Waals surface area contributed by atoms with E-state index in [4.69, 9.17) is 4.52 Å². The zero-order valence-electron chi connectivity index (χ0n) is 13.4. The topological polar surface area (TPSA) is 85.1 Å². The van der Waals surface area contributed by atoms with Gasteiger partial charge in [0.25, 0.3) is 0 Å². The highest BCUT2D eigenvalue weighted by Gasteiger charge is 2.16. The summed E-state index contributed by atoms with van der Waals surface area (Å²) in [6.07, 6.45) is 0. The van der Waals surface area contributed by atoms with Crippen LogP contribution in [0.25, 0.3) is 11.4 Å². The summed E-state index contributed by atoms with van der Waals surface area (Å²) < 4.78 is 32.3. The second-order valence-electron chi connectivity index (χ2n) is 5.45. The lowest BCUT2D eigenvalue weighted by Crippen LogP contribution is -2.23. The minimum Gasteiger partial charge on any atom is -0.338 e. The highest BCUT2D eigenvalue weighted by atomic mass is 32.2. The number of nitrogens with one attached hydrogen (secondary N) is 1. The quantitative estimate of drug-likeness (QED) is 0.770. The number of aromatic nitrogens is 2. The molecule has 0 unspecified atom stereocenters. The molecule has 2 aromatic carbocycles. The first-order valence-corrected chi connectivity index (χ1v) is 8.89. The third kappa shape index (κ3) is 3.52. The molecular weight excluding hydrogens is 326 g/mol. The fourth-order valence-electron chi connectivity index (χ4n) is 2.15. The van der Waals surface area contributed by atoms with Crippen molar-refractivity contribution in [1.82, 2.24) is 14.9 Å². The minimum absolute atomic E-state index is 0.0604. The lowest BCUT2D eigenvalue weighted by molar-refractivity contribution is 0.376. The van der Waals surface area contributed by atoms with Gasteiger partial charge in [-0.3, -0.25) is 0 Å². The van der Waals surface area contributed by atoms with Crippen molar-refractivity contribution in [3.05, 3.63) is 65.5 Å². The second-order valence-corrected chi connectivity index (χ2v) is 7.22. The van der Waals surface area contributed by atoms with Crippen molar-refractivity contribution < 1.29 is 12.9 Å². The molecule has 24 heavy (non-hydrogen) atoms. The van der Waals surface area contributed by atoms with E-state index in [1.165, 1.54) is 0 Å². The van der Waals surface area contributed by atoms with Crippen molar-refractivity contribution in [3.8, 4) is 11.4 Å². The zero-order valence-corrected chi connectivity index (χ0v) is 14.2. The van der Waals surface area contributed by atoms with Gasteiger partial charge in [0.15, 0.2) is 0 Å². The molecule has 0 aliphatic carbocycles. The van der Waals surface area contributed by atoms with E-state index < -0.39 is 10.0 Å². The highest BCUT2D eigenvalue weighted by molar-refractivity contribution is 7.89. The van der Waals surface area contributed by atoms with Crippen LogP contribution in [0.2, 0.25) is 0 Å². The van der Waals surface area contributed by atoms with Gasteiger partial charge in [-0.25, -0.2) is 13.1 Å². The van der Waals surface area contributed by atoms with Gasteiger partial charge in [0.2, 0.25) is 21.7 Å². The summed E-state index contributed by atoms with van der Waals surface area (Å²) >= 11 is 0. The van der Waals surface area contributed by atoms with E-state index in [0.29, 0.717) is 5.82 Å². The Balaban J connectivity index is 1.73. The number of rotatable bonds is 5. The van der Waals surface area contributed by atoms with E-state index in [1.807, 2.05) is 44.2 Å². The molecule has 0 aliphatic rings. The van der Waals surface area contributed by atoms with Crippen LogP contribution in [-0.2, 0) is 16.6 Å². The lowest BCUT2D eigenvalue weighted by Gasteiger charge is -2.07. The molecule has 3 aromatic rings. The molecule has 6 nitrogen and oxygen atoms in total. The number of hydrogen-bond acceptors (Lipinski definition) is 5. The van der Waals surface area contributed by atoms with Crippen molar-refractivity contribution in [2.75, 3.05) is 0 Å². The van der Waals surface area contributed by atoms with E-state index >= 15 is 0 Å². The van der Waals surface area contributed by atoms with Crippen LogP contribution in [0, 0.1) is 13.8 Å². The second kappa shape index (κ2) is 6.54. The molecule has 0 saturated carbocycles. The SMILES string of the molecule is Cc1ccc(S(=O)(=O)NCc2nc(-c3ccccc3)no2)cc1C. The average Bonchev–Trinajstić information content (AvgIpc) is 3.05. The predicted octanol–water partition coefficient (Wildman–Crippen LogP) is 2.83. The van der Waals surface area contributed by atoms with Crippen LogP contribution >= 0.6 is 0 Å². The van der Waals surface area contributed by atoms with E-state index in [2.05, 4.69) is 14.9 Å². The summed E-state index contributed by atoms with van der Waals surface area (Å²) in [6, 6.07) is 14.3. The molecule has 1 heterocycles. The van der Waals surface area contributed by atoms with Crippen molar-refractivity contribution in [1.29, 1.82) is 0 Å². The van der Waals surface area contributed by atoms with Gasteiger partial charge in [-0.2, -0.15) is 4.98 Å². The summed E-state index contributed by atoms with van der Waals surface area (Å²) in [7, 11) is -3.63. The lowest BCUT2D eigenvalue weighted by atomic mass is 10.1. The number of benzene rings is 2. The van der Waals surface area contributed by atoms with Crippen LogP contribution in [-0.4, -0.2) is 18.6 Å². The number of hydrogen-bond donors (Lipinski definition) is 1. The van der Waals surface area contributed by atoms with Gasteiger partial charge >= 0.3 is 0 Å². The molecule has 0 saturated heterocycles. The van der Waals surface area contributed by atoms with Crippen molar-refractivity contribution in [3.63, 3.8) is 0 Å². The van der Waals surface area contributed by atoms with Gasteiger partial charge in [-0.15, -0.1) is 0 Å². The van der Waals surface area contributed by atoms with E-state index in [-0.39, 0.29) is 17.3 Å². The van der Waals surface area contributed by atoms with Gasteiger partial charge < -0.3 is 4.52 Å². The van der Waals surface area contributed by atoms with Crippen LogP contribution in [0.5, 0.6) is 0 Å². The first-order valence-electron chi connectivity index (χ1n) is 7.40. The maximum absolute atomic E-state index is 12.3. The molecule has 0 fully saturated rings. The Morgan fingerprint density at radius 2 is 1.79 bits per heavy atom. The van der Waals surface area contributed by atoms with E-state index in [9.17, 15) is 8.42 Å². The molecule has 124 valence electrons. The Labute approximate surface area is 140 Å². The molecule has 3 rings (SSSR count). The van der Waals surface area contributed by atoms with Crippen LogP contribution in [0.4, 0.5) is 0 Å². The van der Waals surface area contributed by atoms with Crippen molar-refractivity contribution in [2.45, 2.75) is 25.3 Å². The Morgan fingerprint density at radius 3 is 2.50 bits per heavy atom. The molecule has 0 spiro atoms. The van der Waals surface area contributed by atoms with E-state index in [1.54, 1.807) is 18.2 Å². The third-order valence-electron chi connectivity index (χ3n) is 3.70. The summed E-state index contributed by atoms with van der Waals surface area (Å²) in [5, 5.41) is 3.86. The molecular formula is C17H17N3O3S. The Bertz CT molecular complexity index is 950. The molecule has 0 aliphatic heterocycles. The third-order valence-corrected chi connectivity index (χ3v) is 5.10. The average molecular weight is 343 g/mol. The minimum atomic E-state index is -3.63. The maximum atomic E-state index is 12.3. The molecule has 7 heteroatoms. The predicted molar refractivity (Wildman–Crippen MR) is 89.7 cm³/mol. The monoisotopic (exact) mass is 343 g/mol. The van der Waals surface area contributed by atoms with Crippen molar-refractivity contribution in [2.24, 2.45) is 0 Å². The van der Waals surface area contributed by atoms with Crippen molar-refractivity contribution >= 4 is 10.0 Å². The van der Waals surface area contributed by atoms with Gasteiger partial charge in [0.1, 0.15) is 0 Å². The Kier molecular flexibility index (Phi) is 4.46. The first-order chi connectivity index (χ1) is 11.5. The summed E-state index contributed by atoms with van der Waals surface area (Å²) in [5.41, 5.74) is 2.77. The fraction of sp³-hybridized carbons (Fsp3) is 0.176. The number of sulfonamides is 1. The van der Waals surface area contributed by atoms with Crippen LogP contribution < -0.4 is 4.72 Å². The van der Waals surface area contributed by atoms with Gasteiger partial charge in [-0.05, 0) is 37.1 Å². The zero-order chi connectivity index (χ0) is 17.2. The fourth-order valence-corrected chi connectivity index (χ4v) is 3.21. The van der Waals surface area contributed by atoms with Gasteiger partial charge in [-0.1, -0.05) is 41.6 Å². The molecule has 1 aromatic heterocycles. The summed E-state index contributed by atoms with van der Waals surface area (Å²) in [4.78, 5) is 4.42. The molecule has 0 bridgehead atoms. The van der Waals surface area contributed by atoms with Crippen LogP contribution in [0.3, 0.4) is 0 Å². The Morgan fingerprint density at radius 1 is 1.04 bits per heavy atom. The number of nitrogens with zero attached hydrogens (tertiary/aromatic N) is 2.